The minimum Gasteiger partial charge on any atom is -0.342 e. The summed E-state index contributed by atoms with van der Waals surface area (Å²) in [6.07, 6.45) is 0. The number of sulfonamides is 1. The first-order chi connectivity index (χ1) is 9.71. The van der Waals surface area contributed by atoms with E-state index in [9.17, 15) is 18.0 Å². The lowest BCUT2D eigenvalue weighted by molar-refractivity contribution is -0.137. The van der Waals surface area contributed by atoms with Crippen molar-refractivity contribution in [2.75, 3.05) is 20.1 Å². The first-order valence-electron chi connectivity index (χ1n) is 6.40. The summed E-state index contributed by atoms with van der Waals surface area (Å²) in [6.45, 7) is 2.60. The molecule has 0 spiro atoms. The quantitative estimate of drug-likeness (QED) is 0.805. The van der Waals surface area contributed by atoms with Gasteiger partial charge in [-0.15, -0.1) is 0 Å². The standard InChI is InChI=1S/C13H17N3O4S/c1-9-12(17)15(2)7-8-16(9)13(18)10-3-5-11(6-4-10)21(14,19)20/h3-6,9H,7-8H2,1-2H3,(H2,14,19,20). The summed E-state index contributed by atoms with van der Waals surface area (Å²) in [5.74, 6) is -0.416. The van der Waals surface area contributed by atoms with Crippen LogP contribution in [0.15, 0.2) is 29.2 Å². The van der Waals surface area contributed by atoms with Crippen LogP contribution in [0.2, 0.25) is 0 Å². The van der Waals surface area contributed by atoms with Crippen molar-refractivity contribution >= 4 is 21.8 Å². The fraction of sp³-hybridized carbons (Fsp3) is 0.385. The molecule has 1 aromatic carbocycles. The molecule has 0 saturated carbocycles. The predicted octanol–water partition coefficient (Wildman–Crippen LogP) is -0.363. The maximum atomic E-state index is 12.4. The van der Waals surface area contributed by atoms with Gasteiger partial charge >= 0.3 is 0 Å². The number of nitrogens with two attached hydrogens (primary N) is 1. The molecular weight excluding hydrogens is 294 g/mol. The van der Waals surface area contributed by atoms with Crippen molar-refractivity contribution in [1.82, 2.24) is 9.80 Å². The monoisotopic (exact) mass is 311 g/mol. The topological polar surface area (TPSA) is 101 Å². The van der Waals surface area contributed by atoms with Crippen LogP contribution in [0.1, 0.15) is 17.3 Å². The molecule has 1 heterocycles. The van der Waals surface area contributed by atoms with E-state index < -0.39 is 16.1 Å². The SMILES string of the molecule is CC1C(=O)N(C)CCN1C(=O)c1ccc(S(N)(=O)=O)cc1. The van der Waals surface area contributed by atoms with Gasteiger partial charge in [-0.1, -0.05) is 0 Å². The van der Waals surface area contributed by atoms with Gasteiger partial charge in [-0.3, -0.25) is 9.59 Å². The van der Waals surface area contributed by atoms with E-state index in [2.05, 4.69) is 0 Å². The van der Waals surface area contributed by atoms with E-state index in [4.69, 9.17) is 5.14 Å². The number of hydrogen-bond acceptors (Lipinski definition) is 4. The molecule has 0 bridgehead atoms. The van der Waals surface area contributed by atoms with Crippen LogP contribution in [-0.2, 0) is 14.8 Å². The fourth-order valence-corrected chi connectivity index (χ4v) is 2.76. The molecule has 1 aliphatic rings. The van der Waals surface area contributed by atoms with Gasteiger partial charge in [0.15, 0.2) is 0 Å². The number of rotatable bonds is 2. The number of carbonyl (C=O) groups is 2. The summed E-state index contributed by atoms with van der Waals surface area (Å²) in [6, 6.07) is 4.83. The highest BCUT2D eigenvalue weighted by Crippen LogP contribution is 2.16. The van der Waals surface area contributed by atoms with E-state index in [-0.39, 0.29) is 16.7 Å². The third-order valence-corrected chi connectivity index (χ3v) is 4.50. The molecule has 1 fully saturated rings. The smallest absolute Gasteiger partial charge is 0.254 e. The van der Waals surface area contributed by atoms with Gasteiger partial charge in [-0.2, -0.15) is 0 Å². The van der Waals surface area contributed by atoms with Gasteiger partial charge in [0, 0.05) is 25.7 Å². The number of benzene rings is 1. The third-order valence-electron chi connectivity index (χ3n) is 3.57. The molecule has 0 radical (unpaired) electrons. The summed E-state index contributed by atoms with van der Waals surface area (Å²) in [5, 5.41) is 5.01. The molecule has 1 unspecified atom stereocenters. The average Bonchev–Trinajstić information content (AvgIpc) is 2.43. The Hall–Kier alpha value is -1.93. The van der Waals surface area contributed by atoms with Gasteiger partial charge in [0.25, 0.3) is 5.91 Å². The highest BCUT2D eigenvalue weighted by atomic mass is 32.2. The van der Waals surface area contributed by atoms with Crippen LogP contribution in [0.5, 0.6) is 0 Å². The lowest BCUT2D eigenvalue weighted by atomic mass is 10.1. The number of primary sulfonamides is 1. The number of likely N-dealkylation sites (N-methyl/N-ethyl adjacent to an activating group) is 1. The molecule has 1 aromatic rings. The summed E-state index contributed by atoms with van der Waals surface area (Å²) in [4.78, 5) is 27.3. The molecule has 2 N–H and O–H groups in total. The van der Waals surface area contributed by atoms with Crippen molar-refractivity contribution in [3.8, 4) is 0 Å². The minimum absolute atomic E-state index is 0.0541. The van der Waals surface area contributed by atoms with E-state index in [0.29, 0.717) is 18.7 Å². The second kappa shape index (κ2) is 5.45. The largest absolute Gasteiger partial charge is 0.342 e. The zero-order valence-electron chi connectivity index (χ0n) is 11.8. The molecule has 21 heavy (non-hydrogen) atoms. The second-order valence-corrected chi connectivity index (χ2v) is 6.57. The maximum absolute atomic E-state index is 12.4. The second-order valence-electron chi connectivity index (χ2n) is 5.00. The van der Waals surface area contributed by atoms with Gasteiger partial charge in [0.1, 0.15) is 6.04 Å². The van der Waals surface area contributed by atoms with Crippen molar-refractivity contribution < 1.29 is 18.0 Å². The van der Waals surface area contributed by atoms with E-state index in [1.54, 1.807) is 18.9 Å². The highest BCUT2D eigenvalue weighted by Gasteiger charge is 2.32. The van der Waals surface area contributed by atoms with E-state index in [1.165, 1.54) is 29.2 Å². The molecule has 1 aliphatic heterocycles. The number of piperazine rings is 1. The molecule has 1 saturated heterocycles. The number of amides is 2. The lowest BCUT2D eigenvalue weighted by Gasteiger charge is -2.37. The van der Waals surface area contributed by atoms with Crippen molar-refractivity contribution in [2.24, 2.45) is 5.14 Å². The Morgan fingerprint density at radius 2 is 1.81 bits per heavy atom. The fourth-order valence-electron chi connectivity index (χ4n) is 2.24. The predicted molar refractivity (Wildman–Crippen MR) is 76.0 cm³/mol. The summed E-state index contributed by atoms with van der Waals surface area (Å²) < 4.78 is 22.4. The van der Waals surface area contributed by atoms with Crippen LogP contribution in [0.4, 0.5) is 0 Å². The summed E-state index contributed by atoms with van der Waals surface area (Å²) in [7, 11) is -2.09. The van der Waals surface area contributed by atoms with Crippen LogP contribution in [0, 0.1) is 0 Å². The lowest BCUT2D eigenvalue weighted by Crippen LogP contribution is -2.56. The Morgan fingerprint density at radius 1 is 1.24 bits per heavy atom. The van der Waals surface area contributed by atoms with Gasteiger partial charge < -0.3 is 9.80 Å². The maximum Gasteiger partial charge on any atom is 0.254 e. The van der Waals surface area contributed by atoms with Crippen LogP contribution in [0.25, 0.3) is 0 Å². The van der Waals surface area contributed by atoms with E-state index in [0.717, 1.165) is 0 Å². The summed E-state index contributed by atoms with van der Waals surface area (Å²) >= 11 is 0. The van der Waals surface area contributed by atoms with E-state index >= 15 is 0 Å². The van der Waals surface area contributed by atoms with Gasteiger partial charge in [0.05, 0.1) is 4.90 Å². The molecule has 1 atom stereocenters. The van der Waals surface area contributed by atoms with Crippen LogP contribution >= 0.6 is 0 Å². The highest BCUT2D eigenvalue weighted by molar-refractivity contribution is 7.89. The average molecular weight is 311 g/mol. The molecule has 114 valence electrons. The van der Waals surface area contributed by atoms with E-state index in [1.807, 2.05) is 0 Å². The van der Waals surface area contributed by atoms with Gasteiger partial charge in [-0.25, -0.2) is 13.6 Å². The minimum atomic E-state index is -3.78. The van der Waals surface area contributed by atoms with Crippen molar-refractivity contribution in [3.05, 3.63) is 29.8 Å². The Morgan fingerprint density at radius 3 is 2.33 bits per heavy atom. The molecule has 8 heteroatoms. The van der Waals surface area contributed by atoms with Crippen LogP contribution in [0.3, 0.4) is 0 Å². The Balaban J connectivity index is 2.22. The number of hydrogen-bond donors (Lipinski definition) is 1. The molecular formula is C13H17N3O4S. The Bertz CT molecular complexity index is 669. The molecule has 2 amide bonds. The first-order valence-corrected chi connectivity index (χ1v) is 7.95. The summed E-state index contributed by atoms with van der Waals surface area (Å²) in [5.41, 5.74) is 0.326. The zero-order valence-corrected chi connectivity index (χ0v) is 12.6. The normalized spacial score (nSPS) is 19.8. The molecule has 0 aromatic heterocycles. The molecule has 2 rings (SSSR count). The molecule has 0 aliphatic carbocycles. The van der Waals surface area contributed by atoms with Gasteiger partial charge in [-0.05, 0) is 31.2 Å². The van der Waals surface area contributed by atoms with Crippen LogP contribution < -0.4 is 5.14 Å². The number of nitrogens with zero attached hydrogens (tertiary/aromatic N) is 2. The van der Waals surface area contributed by atoms with Crippen molar-refractivity contribution in [1.29, 1.82) is 0 Å². The van der Waals surface area contributed by atoms with Crippen LogP contribution in [-0.4, -0.2) is 56.2 Å². The first kappa shape index (κ1) is 15.5. The zero-order chi connectivity index (χ0) is 15.8. The third kappa shape index (κ3) is 3.06. The van der Waals surface area contributed by atoms with Crippen molar-refractivity contribution in [2.45, 2.75) is 17.9 Å². The van der Waals surface area contributed by atoms with Gasteiger partial charge in [0.2, 0.25) is 15.9 Å². The Labute approximate surface area is 123 Å². The molecule has 7 nitrogen and oxygen atoms in total. The van der Waals surface area contributed by atoms with Crippen molar-refractivity contribution in [3.63, 3.8) is 0 Å². The number of carbonyl (C=O) groups excluding carboxylic acids is 2. The Kier molecular flexibility index (Phi) is 4.02.